The summed E-state index contributed by atoms with van der Waals surface area (Å²) in [5.41, 5.74) is 0. The van der Waals surface area contributed by atoms with E-state index in [0.29, 0.717) is 3.71 Å². The lowest BCUT2D eigenvalue weighted by Gasteiger charge is -2.39. The summed E-state index contributed by atoms with van der Waals surface area (Å²) in [4.78, 5) is 0. The molecule has 0 bridgehead atoms. The lowest BCUT2D eigenvalue weighted by atomic mass is 10.2. The van der Waals surface area contributed by atoms with Crippen LogP contribution in [0.1, 0.15) is 13.8 Å². The Kier molecular flexibility index (Phi) is 15.4. The van der Waals surface area contributed by atoms with E-state index in [4.69, 9.17) is 0 Å². The summed E-state index contributed by atoms with van der Waals surface area (Å²) >= 11 is 0. The largest absolute Gasteiger partial charge is 0.438 e. The molecule has 4 aliphatic rings. The Hall–Kier alpha value is -1.82. The number of hydrogen-bond donors (Lipinski definition) is 0. The number of halogens is 18. The highest BCUT2D eigenvalue weighted by molar-refractivity contribution is 8.08. The second-order valence-corrected chi connectivity index (χ2v) is 28.6. The van der Waals surface area contributed by atoms with Crippen LogP contribution in [0.25, 0.3) is 0 Å². The fourth-order valence-electron chi connectivity index (χ4n) is 3.69. The van der Waals surface area contributed by atoms with Crippen LogP contribution in [-0.4, -0.2) is 171 Å². The third-order valence-corrected chi connectivity index (χ3v) is 25.4. The van der Waals surface area contributed by atoms with Crippen LogP contribution in [0.3, 0.4) is 0 Å². The smallest absolute Gasteiger partial charge is 0.211 e. The molecule has 63 heavy (non-hydrogen) atoms. The Morgan fingerprint density at radius 1 is 0.286 bits per heavy atom. The second-order valence-electron chi connectivity index (χ2n) is 11.4. The highest BCUT2D eigenvalue weighted by Crippen LogP contribution is 2.60. The number of nitrogens with zero attached hydrogens (tertiary/aromatic N) is 4. The molecule has 0 amide bonds. The van der Waals surface area contributed by atoms with Gasteiger partial charge in [-0.3, -0.25) is 0 Å². The van der Waals surface area contributed by atoms with Gasteiger partial charge in [0.1, 0.15) is 0 Å². The van der Waals surface area contributed by atoms with Crippen LogP contribution in [0.4, 0.5) is 79.0 Å². The molecule has 20 nitrogen and oxygen atoms in total. The standard InChI is InChI=1S/C5H3F8NO4S2.C4H3F6NO4S2.C4H9NO4S2.C3H3F4NO4S2.CH4/c1-14-19(15,16)4(10,11)2(6,7)3(8,9)5(12,13)20(14,17)18;1-11-16(12,13)3(7,8)2(5,6)4(9,10)17(11,14)15;1-5-10(6,7)3-2-4-11(5,8)9;1-8-13(9,10)2(4,5)3(6,7)14(8,11)12;/h1H3;1H3;2-4H2,1H3;1H3;1H4. The predicted octanol–water partition coefficient (Wildman–Crippen LogP) is 0.855. The number of sulfonamides is 8. The van der Waals surface area contributed by atoms with Crippen LogP contribution in [0.2, 0.25) is 0 Å². The van der Waals surface area contributed by atoms with Crippen molar-refractivity contribution in [1.82, 2.24) is 14.8 Å². The average Bonchev–Trinajstić information content (AvgIpc) is 3.13. The van der Waals surface area contributed by atoms with Gasteiger partial charge in [0, 0.05) is 28.2 Å². The molecular formula is C17H22F18N4O16S8. The predicted molar refractivity (Wildman–Crippen MR) is 168 cm³/mol. The van der Waals surface area contributed by atoms with Crippen molar-refractivity contribution in [3.63, 3.8) is 0 Å². The van der Waals surface area contributed by atoms with E-state index in [1.54, 1.807) is 0 Å². The maximum absolute atomic E-state index is 13.0. The topological polar surface area (TPSA) is 286 Å². The summed E-state index contributed by atoms with van der Waals surface area (Å²) in [5.74, 6) is -21.0. The average molecular weight is 1140 g/mol. The van der Waals surface area contributed by atoms with E-state index in [1.807, 2.05) is 0 Å². The van der Waals surface area contributed by atoms with Crippen LogP contribution in [0.5, 0.6) is 0 Å². The van der Waals surface area contributed by atoms with E-state index in [2.05, 4.69) is 0 Å². The summed E-state index contributed by atoms with van der Waals surface area (Å²) in [6.07, 6.45) is 0.203. The summed E-state index contributed by atoms with van der Waals surface area (Å²) < 4.78 is 398. The van der Waals surface area contributed by atoms with Crippen molar-refractivity contribution >= 4 is 80.2 Å². The van der Waals surface area contributed by atoms with Crippen molar-refractivity contribution in [2.45, 2.75) is 63.1 Å². The first-order valence-electron chi connectivity index (χ1n) is 13.6. The SMILES string of the molecule is C.CN1S(=O)(=O)C(F)(F)C(F)(F)C(F)(F)C(F)(F)S1(=O)=O.CN1S(=O)(=O)C(F)(F)C(F)(F)C(F)(F)S1(=O)=O.CN1S(=O)(=O)C(F)(F)C(F)(F)S1(=O)=O.CN1S(=O)(=O)CCCS1(=O)=O. The molecule has 0 atom stereocenters. The molecule has 380 valence electrons. The minimum Gasteiger partial charge on any atom is -0.211 e. The fraction of sp³-hybridized carbons (Fsp3) is 1.00. The second kappa shape index (κ2) is 15.9. The molecule has 4 saturated heterocycles. The van der Waals surface area contributed by atoms with Gasteiger partial charge in [-0.2, -0.15) is 79.0 Å². The van der Waals surface area contributed by atoms with Gasteiger partial charge in [-0.15, -0.1) is 0 Å². The first kappa shape index (κ1) is 61.2. The van der Waals surface area contributed by atoms with Crippen LogP contribution in [0.15, 0.2) is 0 Å². The Morgan fingerprint density at radius 2 is 0.444 bits per heavy atom. The van der Waals surface area contributed by atoms with E-state index < -0.39 is 148 Å². The minimum atomic E-state index is -7.17. The molecule has 0 radical (unpaired) electrons. The van der Waals surface area contributed by atoms with Crippen molar-refractivity contribution in [3.05, 3.63) is 0 Å². The zero-order valence-corrected chi connectivity index (χ0v) is 35.5. The van der Waals surface area contributed by atoms with Gasteiger partial charge in [-0.25, -0.2) is 67.3 Å². The molecular weight excluding hydrogens is 1110 g/mol. The van der Waals surface area contributed by atoms with Gasteiger partial charge in [0.2, 0.25) is 20.0 Å². The number of alkyl halides is 18. The summed E-state index contributed by atoms with van der Waals surface area (Å²) in [6, 6.07) is 0. The maximum atomic E-state index is 13.0. The quantitative estimate of drug-likeness (QED) is 0.304. The lowest BCUT2D eigenvalue weighted by molar-refractivity contribution is -0.324. The van der Waals surface area contributed by atoms with Crippen LogP contribution >= 0.6 is 0 Å². The summed E-state index contributed by atoms with van der Waals surface area (Å²) in [5, 5.41) is -37.3. The molecule has 0 aromatic rings. The van der Waals surface area contributed by atoms with Gasteiger partial charge in [-0.05, 0) is 6.42 Å². The van der Waals surface area contributed by atoms with Gasteiger partial charge >= 0.3 is 69.3 Å². The molecule has 0 aromatic heterocycles. The normalized spacial score (nSPS) is 32.0. The van der Waals surface area contributed by atoms with Crippen molar-refractivity contribution in [3.8, 4) is 0 Å². The van der Waals surface area contributed by atoms with E-state index in [1.165, 1.54) is 0 Å². The Balaban J connectivity index is 0.000000826. The van der Waals surface area contributed by atoms with Crippen LogP contribution in [-0.2, 0) is 80.2 Å². The third-order valence-electron chi connectivity index (χ3n) is 7.76. The zero-order valence-electron chi connectivity index (χ0n) is 29.0. The van der Waals surface area contributed by atoms with E-state index in [9.17, 15) is 146 Å². The first-order valence-corrected chi connectivity index (χ1v) is 25.5. The molecule has 4 aliphatic heterocycles. The van der Waals surface area contributed by atoms with Gasteiger partial charge in [0.25, 0.3) is 40.1 Å². The first-order chi connectivity index (χ1) is 26.3. The highest BCUT2D eigenvalue weighted by atomic mass is 32.3. The molecule has 0 aromatic carbocycles. The molecule has 0 aliphatic carbocycles. The minimum absolute atomic E-state index is 0. The number of hydrogen-bond acceptors (Lipinski definition) is 16. The molecule has 0 spiro atoms. The van der Waals surface area contributed by atoms with Gasteiger partial charge in [0.05, 0.1) is 11.5 Å². The highest BCUT2D eigenvalue weighted by Gasteiger charge is 2.92. The van der Waals surface area contributed by atoms with Crippen molar-refractivity contribution in [1.29, 1.82) is 0 Å². The Morgan fingerprint density at radius 3 is 0.603 bits per heavy atom. The molecule has 0 unspecified atom stereocenters. The van der Waals surface area contributed by atoms with Crippen molar-refractivity contribution in [2.75, 3.05) is 39.7 Å². The monoisotopic (exact) mass is 1140 g/mol. The molecule has 46 heteroatoms. The lowest BCUT2D eigenvalue weighted by Crippen LogP contribution is -2.70. The molecule has 0 N–H and O–H groups in total. The fourth-order valence-corrected chi connectivity index (χ4v) is 17.1. The van der Waals surface area contributed by atoms with Crippen LogP contribution in [0, 0.1) is 0 Å². The molecule has 0 saturated carbocycles. The third kappa shape index (κ3) is 7.74. The number of rotatable bonds is 0. The summed E-state index contributed by atoms with van der Waals surface area (Å²) in [6.45, 7) is 0. The summed E-state index contributed by atoms with van der Waals surface area (Å²) in [7, 11) is -45.2. The zero-order chi connectivity index (χ0) is 50.9. The molecule has 4 fully saturated rings. The van der Waals surface area contributed by atoms with Gasteiger partial charge in [0.15, 0.2) is 0 Å². The van der Waals surface area contributed by atoms with E-state index in [0.717, 1.165) is 7.05 Å². The van der Waals surface area contributed by atoms with Gasteiger partial charge < -0.3 is 0 Å². The van der Waals surface area contributed by atoms with E-state index >= 15 is 0 Å². The molecule has 4 heterocycles. The van der Waals surface area contributed by atoms with Crippen LogP contribution < -0.4 is 0 Å². The Bertz CT molecular complexity index is 2570. The van der Waals surface area contributed by atoms with Crippen molar-refractivity contribution in [2.24, 2.45) is 0 Å². The maximum Gasteiger partial charge on any atom is 0.438 e. The van der Waals surface area contributed by atoms with Crippen molar-refractivity contribution < 1.29 is 146 Å². The van der Waals surface area contributed by atoms with E-state index in [-0.39, 0.29) is 39.4 Å². The Labute approximate surface area is 343 Å². The van der Waals surface area contributed by atoms with Gasteiger partial charge in [-0.1, -0.05) is 22.3 Å². The molecule has 4 rings (SSSR count).